The molecule has 1 saturated carbocycles. The van der Waals surface area contributed by atoms with E-state index in [4.69, 9.17) is 4.74 Å². The number of aliphatic hydroxyl groups is 1. The van der Waals surface area contributed by atoms with Crippen LogP contribution in [0.15, 0.2) is 30.5 Å². The topological polar surface area (TPSA) is 104 Å². The van der Waals surface area contributed by atoms with Crippen LogP contribution in [0, 0.1) is 35.0 Å². The summed E-state index contributed by atoms with van der Waals surface area (Å²) in [6.07, 6.45) is 2.91. The smallest absolute Gasteiger partial charge is 0.240 e. The fourth-order valence-electron chi connectivity index (χ4n) is 6.50. The van der Waals surface area contributed by atoms with E-state index in [2.05, 4.69) is 11.1 Å². The third-order valence-electron chi connectivity index (χ3n) is 7.62. The minimum atomic E-state index is -0.749. The zero-order valence-electron chi connectivity index (χ0n) is 15.8. The summed E-state index contributed by atoms with van der Waals surface area (Å²) >= 11 is 0. The number of benzene rings is 1. The third-order valence-corrected chi connectivity index (χ3v) is 7.62. The number of rotatable bonds is 3. The van der Waals surface area contributed by atoms with E-state index in [0.29, 0.717) is 28.6 Å². The normalized spacial score (nSPS) is 39.0. The molecule has 2 aromatic rings. The maximum atomic E-state index is 13.6. The molecule has 1 aromatic heterocycles. The van der Waals surface area contributed by atoms with Crippen LogP contribution in [0.3, 0.4) is 0 Å². The molecule has 146 valence electrons. The highest BCUT2D eigenvalue weighted by molar-refractivity contribution is 6.26. The molecule has 1 aliphatic carbocycles. The second-order valence-corrected chi connectivity index (χ2v) is 8.77. The van der Waals surface area contributed by atoms with Crippen molar-refractivity contribution in [2.75, 3.05) is 11.5 Å². The van der Waals surface area contributed by atoms with Crippen LogP contribution < -0.4 is 4.90 Å². The summed E-state index contributed by atoms with van der Waals surface area (Å²) in [7, 11) is 0. The lowest BCUT2D eigenvalue weighted by Gasteiger charge is -2.32. The van der Waals surface area contributed by atoms with Crippen molar-refractivity contribution in [2.24, 2.45) is 23.7 Å². The fourth-order valence-corrected chi connectivity index (χ4v) is 6.50. The summed E-state index contributed by atoms with van der Waals surface area (Å²) in [5, 5.41) is 19.7. The molecule has 4 fully saturated rings. The van der Waals surface area contributed by atoms with Crippen molar-refractivity contribution < 1.29 is 19.4 Å². The molecule has 7 heteroatoms. The number of fused-ring (bicyclic) bond motifs is 9. The number of imide groups is 1. The number of pyridine rings is 1. The van der Waals surface area contributed by atoms with E-state index in [1.54, 1.807) is 30.5 Å². The van der Waals surface area contributed by atoms with Crippen LogP contribution in [0.2, 0.25) is 0 Å². The van der Waals surface area contributed by atoms with Crippen LogP contribution in [0.5, 0.6) is 0 Å². The van der Waals surface area contributed by atoms with Crippen LogP contribution >= 0.6 is 0 Å². The molecule has 1 aromatic carbocycles. The number of carbonyl (C=O) groups is 2. The highest BCUT2D eigenvalue weighted by atomic mass is 16.5. The van der Waals surface area contributed by atoms with Gasteiger partial charge in [0.05, 0.1) is 39.8 Å². The molecular weight excluding hydrogens is 370 g/mol. The Balaban J connectivity index is 1.52. The monoisotopic (exact) mass is 389 g/mol. The standard InChI is InChI=1S/C22H19N3O4/c1-21-13-9-14(13)22(29-21,6-8-26)17-16(21)19(27)25(20(17)28)15-5-4-11(10-23)18-12(15)3-2-7-24-18/h2-5,7,13-14,16-17,26H,6,8-9H2,1H3/t13-,14+,16-,17+,21?,22?/m1/s1. The van der Waals surface area contributed by atoms with Crippen molar-refractivity contribution >= 4 is 28.4 Å². The molecule has 3 saturated heterocycles. The van der Waals surface area contributed by atoms with Crippen LogP contribution in [-0.4, -0.2) is 39.7 Å². The van der Waals surface area contributed by atoms with Crippen LogP contribution in [0.4, 0.5) is 5.69 Å². The van der Waals surface area contributed by atoms with E-state index in [1.165, 1.54) is 4.90 Å². The van der Waals surface area contributed by atoms with Crippen molar-refractivity contribution in [3.8, 4) is 6.07 Å². The lowest BCUT2D eigenvalue weighted by molar-refractivity contribution is -0.135. The Morgan fingerprint density at radius 1 is 1.28 bits per heavy atom. The molecule has 7 nitrogen and oxygen atoms in total. The van der Waals surface area contributed by atoms with Crippen molar-refractivity contribution in [3.63, 3.8) is 0 Å². The predicted octanol–water partition coefficient (Wildman–Crippen LogP) is 1.77. The van der Waals surface area contributed by atoms with Gasteiger partial charge in [-0.3, -0.25) is 14.6 Å². The highest BCUT2D eigenvalue weighted by Crippen LogP contribution is 2.75. The third kappa shape index (κ3) is 1.78. The number of nitriles is 1. The summed E-state index contributed by atoms with van der Waals surface area (Å²) in [4.78, 5) is 32.8. The van der Waals surface area contributed by atoms with E-state index in [9.17, 15) is 20.0 Å². The van der Waals surface area contributed by atoms with Crippen molar-refractivity contribution in [3.05, 3.63) is 36.0 Å². The maximum absolute atomic E-state index is 13.6. The first kappa shape index (κ1) is 17.1. The molecular formula is C22H19N3O4. The Hall–Kier alpha value is -2.82. The molecule has 29 heavy (non-hydrogen) atoms. The number of hydrogen-bond donors (Lipinski definition) is 1. The van der Waals surface area contributed by atoms with Gasteiger partial charge < -0.3 is 9.84 Å². The van der Waals surface area contributed by atoms with Gasteiger partial charge in [-0.25, -0.2) is 4.90 Å². The maximum Gasteiger partial charge on any atom is 0.240 e. The minimum Gasteiger partial charge on any atom is -0.396 e. The molecule has 0 radical (unpaired) electrons. The van der Waals surface area contributed by atoms with E-state index in [-0.39, 0.29) is 30.3 Å². The first-order chi connectivity index (χ1) is 14.0. The van der Waals surface area contributed by atoms with Gasteiger partial charge >= 0.3 is 0 Å². The number of anilines is 1. The molecule has 3 aliphatic heterocycles. The Morgan fingerprint density at radius 3 is 2.83 bits per heavy atom. The first-order valence-corrected chi connectivity index (χ1v) is 9.94. The number of nitrogens with zero attached hydrogens (tertiary/aromatic N) is 3. The number of ether oxygens (including phenoxy) is 1. The SMILES string of the molecule is CC12OC(CCO)([C@@H]3C(=O)N(c4ccc(C#N)c5ncccc45)C(=O)[C@@H]31)[C@H]1C[C@H]12. The van der Waals surface area contributed by atoms with Crippen molar-refractivity contribution in [1.82, 2.24) is 4.98 Å². The molecule has 0 spiro atoms. The van der Waals surface area contributed by atoms with Crippen molar-refractivity contribution in [2.45, 2.75) is 31.0 Å². The van der Waals surface area contributed by atoms with Gasteiger partial charge in [0.2, 0.25) is 11.8 Å². The minimum absolute atomic E-state index is 0.0757. The lowest BCUT2D eigenvalue weighted by Crippen LogP contribution is -2.44. The van der Waals surface area contributed by atoms with Gasteiger partial charge in [-0.1, -0.05) is 0 Å². The van der Waals surface area contributed by atoms with Gasteiger partial charge in [0.1, 0.15) is 6.07 Å². The Bertz CT molecular complexity index is 1160. The predicted molar refractivity (Wildman–Crippen MR) is 101 cm³/mol. The van der Waals surface area contributed by atoms with Crippen molar-refractivity contribution in [1.29, 1.82) is 5.26 Å². The fraction of sp³-hybridized carbons (Fsp3) is 0.455. The summed E-state index contributed by atoms with van der Waals surface area (Å²) in [6.45, 7) is 1.88. The number of amides is 2. The van der Waals surface area contributed by atoms with Crippen LogP contribution in [-0.2, 0) is 14.3 Å². The molecule has 1 N–H and O–H groups in total. The summed E-state index contributed by atoms with van der Waals surface area (Å²) in [5.41, 5.74) is -0.0685. The molecule has 2 amide bonds. The summed E-state index contributed by atoms with van der Waals surface area (Å²) < 4.78 is 6.38. The summed E-state index contributed by atoms with van der Waals surface area (Å²) in [6, 6.07) is 8.89. The quantitative estimate of drug-likeness (QED) is 0.803. The Labute approximate surface area is 166 Å². The average Bonchev–Trinajstić information content (AvgIpc) is 3.38. The summed E-state index contributed by atoms with van der Waals surface area (Å²) in [5.74, 6) is -1.12. The Kier molecular flexibility index (Phi) is 3.06. The average molecular weight is 389 g/mol. The first-order valence-electron chi connectivity index (χ1n) is 9.94. The van der Waals surface area contributed by atoms with E-state index >= 15 is 0 Å². The van der Waals surface area contributed by atoms with E-state index in [0.717, 1.165) is 6.42 Å². The number of carbonyl (C=O) groups excluding carboxylic acids is 2. The molecule has 2 bridgehead atoms. The molecule has 6 atom stereocenters. The zero-order chi connectivity index (χ0) is 20.1. The largest absolute Gasteiger partial charge is 0.396 e. The van der Waals surface area contributed by atoms with Crippen LogP contribution in [0.25, 0.3) is 10.9 Å². The molecule has 6 rings (SSSR count). The number of hydrogen-bond acceptors (Lipinski definition) is 6. The Morgan fingerprint density at radius 2 is 2.07 bits per heavy atom. The van der Waals surface area contributed by atoms with Gasteiger partial charge in [-0.05, 0) is 49.4 Å². The highest BCUT2D eigenvalue weighted by Gasteiger charge is 2.84. The second-order valence-electron chi connectivity index (χ2n) is 8.77. The molecule has 4 aliphatic rings. The van der Waals surface area contributed by atoms with Gasteiger partial charge in [0, 0.05) is 24.6 Å². The van der Waals surface area contributed by atoms with Gasteiger partial charge in [-0.2, -0.15) is 5.26 Å². The van der Waals surface area contributed by atoms with E-state index < -0.39 is 23.0 Å². The van der Waals surface area contributed by atoms with Gasteiger partial charge in [0.25, 0.3) is 0 Å². The number of aromatic nitrogens is 1. The van der Waals surface area contributed by atoms with E-state index in [1.807, 2.05) is 6.92 Å². The van der Waals surface area contributed by atoms with Gasteiger partial charge in [-0.15, -0.1) is 0 Å². The molecule has 4 heterocycles. The second kappa shape index (κ2) is 5.21. The lowest BCUT2D eigenvalue weighted by atomic mass is 9.67. The molecule has 2 unspecified atom stereocenters. The van der Waals surface area contributed by atoms with Gasteiger partial charge in [0.15, 0.2) is 0 Å². The zero-order valence-corrected chi connectivity index (χ0v) is 15.8. The number of aliphatic hydroxyl groups excluding tert-OH is 1. The van der Waals surface area contributed by atoms with Crippen LogP contribution in [0.1, 0.15) is 25.3 Å².